The third kappa shape index (κ3) is 4.35. The highest BCUT2D eigenvalue weighted by atomic mass is 16.5. The highest BCUT2D eigenvalue weighted by Gasteiger charge is 2.25. The lowest BCUT2D eigenvalue weighted by Gasteiger charge is -2.28. The molecule has 0 atom stereocenters. The molecule has 148 valence electrons. The quantitative estimate of drug-likeness (QED) is 0.750. The van der Waals surface area contributed by atoms with E-state index in [9.17, 15) is 9.59 Å². The highest BCUT2D eigenvalue weighted by molar-refractivity contribution is 5.95. The number of anilines is 1. The van der Waals surface area contributed by atoms with Gasteiger partial charge in [-0.3, -0.25) is 9.59 Å². The van der Waals surface area contributed by atoms with Gasteiger partial charge in [-0.25, -0.2) is 0 Å². The second kappa shape index (κ2) is 8.46. The van der Waals surface area contributed by atoms with Gasteiger partial charge in [0.1, 0.15) is 11.5 Å². The normalized spacial score (nSPS) is 14.0. The number of hydrogen-bond donors (Lipinski definition) is 0. The molecule has 5 heteroatoms. The Hall–Kier alpha value is -2.82. The Kier molecular flexibility index (Phi) is 6.02. The summed E-state index contributed by atoms with van der Waals surface area (Å²) in [4.78, 5) is 27.9. The van der Waals surface area contributed by atoms with Crippen LogP contribution in [0.4, 0.5) is 5.69 Å². The second-order valence-corrected chi connectivity index (χ2v) is 7.60. The Bertz CT molecular complexity index is 853. The van der Waals surface area contributed by atoms with Crippen molar-refractivity contribution in [2.75, 3.05) is 19.0 Å². The van der Waals surface area contributed by atoms with Gasteiger partial charge in [-0.05, 0) is 61.7 Å². The molecule has 1 fully saturated rings. The molecule has 0 heterocycles. The van der Waals surface area contributed by atoms with E-state index in [0.717, 1.165) is 24.1 Å². The fraction of sp³-hybridized carbons (Fsp3) is 0.391. The number of aryl methyl sites for hydroxylation is 1. The summed E-state index contributed by atoms with van der Waals surface area (Å²) in [6, 6.07) is 13.4. The summed E-state index contributed by atoms with van der Waals surface area (Å²) >= 11 is 0. The summed E-state index contributed by atoms with van der Waals surface area (Å²) in [6.45, 7) is 3.53. The largest absolute Gasteiger partial charge is 0.457 e. The zero-order chi connectivity index (χ0) is 20.3. The van der Waals surface area contributed by atoms with Crippen LogP contribution in [0.15, 0.2) is 42.5 Å². The Labute approximate surface area is 166 Å². The molecular formula is C23H28N2O3. The van der Waals surface area contributed by atoms with Gasteiger partial charge in [0, 0.05) is 38.3 Å². The average molecular weight is 380 g/mol. The molecule has 0 aromatic heterocycles. The molecule has 2 aromatic rings. The first-order valence-electron chi connectivity index (χ1n) is 9.77. The van der Waals surface area contributed by atoms with E-state index < -0.39 is 0 Å². The minimum absolute atomic E-state index is 0.0491. The van der Waals surface area contributed by atoms with E-state index in [2.05, 4.69) is 0 Å². The summed E-state index contributed by atoms with van der Waals surface area (Å²) in [7, 11) is 3.47. The smallest absolute Gasteiger partial charge is 0.253 e. The van der Waals surface area contributed by atoms with E-state index in [4.69, 9.17) is 4.74 Å². The van der Waals surface area contributed by atoms with Crippen LogP contribution in [0.1, 0.15) is 48.5 Å². The molecule has 0 saturated heterocycles. The van der Waals surface area contributed by atoms with Crippen molar-refractivity contribution in [2.24, 2.45) is 0 Å². The van der Waals surface area contributed by atoms with E-state index in [0.29, 0.717) is 23.1 Å². The first kappa shape index (κ1) is 19.9. The van der Waals surface area contributed by atoms with Gasteiger partial charge in [-0.1, -0.05) is 18.9 Å². The van der Waals surface area contributed by atoms with E-state index in [-0.39, 0.29) is 11.8 Å². The number of nitrogens with zero attached hydrogens (tertiary/aromatic N) is 2. The van der Waals surface area contributed by atoms with Crippen LogP contribution in [0.3, 0.4) is 0 Å². The summed E-state index contributed by atoms with van der Waals surface area (Å²) < 4.78 is 5.95. The van der Waals surface area contributed by atoms with Crippen LogP contribution in [0.25, 0.3) is 0 Å². The first-order valence-corrected chi connectivity index (χ1v) is 9.77. The molecule has 0 unspecified atom stereocenters. The van der Waals surface area contributed by atoms with Crippen molar-refractivity contribution >= 4 is 17.5 Å². The lowest BCUT2D eigenvalue weighted by Crippen LogP contribution is -2.37. The molecule has 0 aliphatic heterocycles. The van der Waals surface area contributed by atoms with E-state index in [1.807, 2.05) is 48.2 Å². The van der Waals surface area contributed by atoms with Crippen LogP contribution < -0.4 is 9.64 Å². The van der Waals surface area contributed by atoms with Crippen LogP contribution >= 0.6 is 0 Å². The number of carbonyl (C=O) groups excluding carboxylic acids is 2. The maximum absolute atomic E-state index is 12.3. The molecule has 0 bridgehead atoms. The SMILES string of the molecule is CC(=O)N(c1ccc(Oc2ccc(C)c(C(=O)N(C)C)c2)cc1)C1CCCC1. The minimum atomic E-state index is -0.0491. The van der Waals surface area contributed by atoms with Gasteiger partial charge in [-0.2, -0.15) is 0 Å². The van der Waals surface area contributed by atoms with E-state index >= 15 is 0 Å². The Morgan fingerprint density at radius 3 is 2.14 bits per heavy atom. The van der Waals surface area contributed by atoms with Crippen molar-refractivity contribution in [3.05, 3.63) is 53.6 Å². The third-order valence-electron chi connectivity index (χ3n) is 5.23. The summed E-state index contributed by atoms with van der Waals surface area (Å²) in [5.41, 5.74) is 2.44. The summed E-state index contributed by atoms with van der Waals surface area (Å²) in [5.74, 6) is 1.31. The monoisotopic (exact) mass is 380 g/mol. The van der Waals surface area contributed by atoms with Crippen molar-refractivity contribution in [1.29, 1.82) is 0 Å². The van der Waals surface area contributed by atoms with Crippen LogP contribution in [0.2, 0.25) is 0 Å². The van der Waals surface area contributed by atoms with Crippen LogP contribution in [0.5, 0.6) is 11.5 Å². The number of benzene rings is 2. The van der Waals surface area contributed by atoms with Gasteiger partial charge in [0.25, 0.3) is 5.91 Å². The molecule has 1 aliphatic carbocycles. The molecule has 0 radical (unpaired) electrons. The van der Waals surface area contributed by atoms with Crippen molar-refractivity contribution in [1.82, 2.24) is 4.90 Å². The topological polar surface area (TPSA) is 49.9 Å². The van der Waals surface area contributed by atoms with Crippen molar-refractivity contribution in [2.45, 2.75) is 45.6 Å². The zero-order valence-corrected chi connectivity index (χ0v) is 17.1. The maximum atomic E-state index is 12.3. The number of rotatable bonds is 5. The van der Waals surface area contributed by atoms with Gasteiger partial charge >= 0.3 is 0 Å². The fourth-order valence-corrected chi connectivity index (χ4v) is 3.76. The predicted molar refractivity (Wildman–Crippen MR) is 111 cm³/mol. The molecule has 2 amide bonds. The number of amides is 2. The zero-order valence-electron chi connectivity index (χ0n) is 17.1. The minimum Gasteiger partial charge on any atom is -0.457 e. The second-order valence-electron chi connectivity index (χ2n) is 7.60. The van der Waals surface area contributed by atoms with Crippen LogP contribution in [0, 0.1) is 6.92 Å². The number of hydrogen-bond acceptors (Lipinski definition) is 3. The lowest BCUT2D eigenvalue weighted by atomic mass is 10.1. The molecule has 1 aliphatic rings. The van der Waals surface area contributed by atoms with Crippen molar-refractivity contribution in [3.63, 3.8) is 0 Å². The molecule has 1 saturated carbocycles. The van der Waals surface area contributed by atoms with E-state index in [1.165, 1.54) is 12.8 Å². The van der Waals surface area contributed by atoms with Gasteiger partial charge in [-0.15, -0.1) is 0 Å². The summed E-state index contributed by atoms with van der Waals surface area (Å²) in [6.07, 6.45) is 4.47. The Morgan fingerprint density at radius 2 is 1.57 bits per heavy atom. The van der Waals surface area contributed by atoms with Crippen LogP contribution in [-0.2, 0) is 4.79 Å². The molecule has 28 heavy (non-hydrogen) atoms. The highest BCUT2D eigenvalue weighted by Crippen LogP contribution is 2.31. The molecule has 0 N–H and O–H groups in total. The van der Waals surface area contributed by atoms with Gasteiger partial charge in [0.05, 0.1) is 0 Å². The standard InChI is InChI=1S/C23H28N2O3/c1-16-9-12-21(15-22(16)23(27)24(3)4)28-20-13-10-19(11-14-20)25(17(2)26)18-7-5-6-8-18/h9-15,18H,5-8H2,1-4H3. The van der Waals surface area contributed by atoms with Crippen molar-refractivity contribution < 1.29 is 14.3 Å². The van der Waals surface area contributed by atoms with Gasteiger partial charge < -0.3 is 14.5 Å². The lowest BCUT2D eigenvalue weighted by molar-refractivity contribution is -0.117. The Balaban J connectivity index is 1.78. The molecule has 3 rings (SSSR count). The molecule has 0 spiro atoms. The number of carbonyl (C=O) groups is 2. The molecule has 2 aromatic carbocycles. The average Bonchev–Trinajstić information content (AvgIpc) is 3.18. The third-order valence-corrected chi connectivity index (χ3v) is 5.23. The first-order chi connectivity index (χ1) is 13.4. The molecule has 5 nitrogen and oxygen atoms in total. The fourth-order valence-electron chi connectivity index (χ4n) is 3.76. The summed E-state index contributed by atoms with van der Waals surface area (Å²) in [5, 5.41) is 0. The van der Waals surface area contributed by atoms with E-state index in [1.54, 1.807) is 32.0 Å². The molecular weight excluding hydrogens is 352 g/mol. The number of ether oxygens (including phenoxy) is 1. The van der Waals surface area contributed by atoms with Crippen LogP contribution in [-0.4, -0.2) is 36.9 Å². The Morgan fingerprint density at radius 1 is 0.964 bits per heavy atom. The van der Waals surface area contributed by atoms with Crippen molar-refractivity contribution in [3.8, 4) is 11.5 Å². The van der Waals surface area contributed by atoms with Gasteiger partial charge in [0.15, 0.2) is 0 Å². The van der Waals surface area contributed by atoms with Gasteiger partial charge in [0.2, 0.25) is 5.91 Å². The maximum Gasteiger partial charge on any atom is 0.253 e. The predicted octanol–water partition coefficient (Wildman–Crippen LogP) is 4.78.